The molecule has 2 N–H and O–H groups in total. The molecule has 2 aromatic rings. The van der Waals surface area contributed by atoms with Gasteiger partial charge in [-0.1, -0.05) is 0 Å². The van der Waals surface area contributed by atoms with E-state index in [2.05, 4.69) is 0 Å². The summed E-state index contributed by atoms with van der Waals surface area (Å²) in [6.07, 6.45) is -0.482. The molecular weight excluding hydrogens is 259 g/mol. The van der Waals surface area contributed by atoms with E-state index in [1.807, 2.05) is 0 Å². The normalized spacial score (nSPS) is 11.9. The molecule has 1 aromatic heterocycles. The Hall–Kier alpha value is -1.62. The summed E-state index contributed by atoms with van der Waals surface area (Å²) in [5.41, 5.74) is -0.321. The maximum atomic E-state index is 11.5. The van der Waals surface area contributed by atoms with Crippen LogP contribution in [-0.4, -0.2) is 15.9 Å². The Morgan fingerprint density at radius 3 is 2.61 bits per heavy atom. The summed E-state index contributed by atoms with van der Waals surface area (Å²) in [7, 11) is -4.15. The fraction of sp³-hybridized carbons (Fsp3) is 0.182. The predicted octanol–water partition coefficient (Wildman–Crippen LogP) is 1.66. The lowest BCUT2D eigenvalue weighted by Gasteiger charge is -2.04. The summed E-state index contributed by atoms with van der Waals surface area (Å²) in [5, 5.41) is 11.6. The maximum Gasteiger partial charge on any atom is 0.339 e. The molecule has 0 spiro atoms. The molecule has 0 unspecified atom stereocenters. The summed E-state index contributed by atoms with van der Waals surface area (Å²) < 4.78 is 15.7. The van der Waals surface area contributed by atoms with Crippen LogP contribution in [0.4, 0.5) is 0 Å². The minimum absolute atomic E-state index is 0.0678. The van der Waals surface area contributed by atoms with E-state index in [-0.39, 0.29) is 23.3 Å². The van der Waals surface area contributed by atoms with Gasteiger partial charge in [0.25, 0.3) is 0 Å². The van der Waals surface area contributed by atoms with E-state index in [1.165, 1.54) is 24.3 Å². The van der Waals surface area contributed by atoms with Crippen molar-refractivity contribution in [2.24, 2.45) is 0 Å². The molecule has 7 heteroatoms. The summed E-state index contributed by atoms with van der Waals surface area (Å²) in [6.45, 7) is 0. The zero-order chi connectivity index (χ0) is 13.3. The smallest absolute Gasteiger partial charge is 0.339 e. The molecule has 2 rings (SSSR count). The third-order valence-corrected chi connectivity index (χ3v) is 3.26. The zero-order valence-corrected chi connectivity index (χ0v) is 10.1. The van der Waals surface area contributed by atoms with Gasteiger partial charge in [0.2, 0.25) is 0 Å². The molecule has 0 aliphatic heterocycles. The van der Waals surface area contributed by atoms with Crippen LogP contribution in [0.1, 0.15) is 5.56 Å². The van der Waals surface area contributed by atoms with Crippen molar-refractivity contribution in [3.05, 3.63) is 40.2 Å². The average Bonchev–Trinajstić information content (AvgIpc) is 2.25. The van der Waals surface area contributed by atoms with Gasteiger partial charge in [0.1, 0.15) is 5.58 Å². The number of benzene rings is 1. The molecule has 0 saturated carbocycles. The van der Waals surface area contributed by atoms with E-state index in [9.17, 15) is 14.5 Å². The van der Waals surface area contributed by atoms with Gasteiger partial charge in [-0.25, -0.2) is 4.79 Å². The molecule has 0 atom stereocenters. The fourth-order valence-electron chi connectivity index (χ4n) is 1.57. The van der Waals surface area contributed by atoms with Crippen molar-refractivity contribution in [2.45, 2.75) is 6.42 Å². The first-order valence-corrected chi connectivity index (χ1v) is 6.93. The van der Waals surface area contributed by atoms with E-state index in [1.54, 1.807) is 0 Å². The van der Waals surface area contributed by atoms with Gasteiger partial charge in [-0.15, -0.1) is 0 Å². The molecule has 6 nitrogen and oxygen atoms in total. The first kappa shape index (κ1) is 12.8. The average molecular weight is 269 g/mol. The quantitative estimate of drug-likeness (QED) is 0.650. The van der Waals surface area contributed by atoms with Crippen molar-refractivity contribution in [2.75, 3.05) is 6.16 Å². The standard InChI is InChI=1S/C11H10O6P/c12-9-2-1-7-5-8(3-4-18(14,15)16)11(13)17-10(7)6-9/h1-2,5-6H,3-4H2,(H2,14,15,16). The van der Waals surface area contributed by atoms with Crippen molar-refractivity contribution in [1.29, 1.82) is 0 Å². The Morgan fingerprint density at radius 1 is 1.22 bits per heavy atom. The lowest BCUT2D eigenvalue weighted by atomic mass is 10.1. The van der Waals surface area contributed by atoms with Gasteiger partial charge in [0.05, 0.1) is 6.16 Å². The molecule has 1 aromatic carbocycles. The van der Waals surface area contributed by atoms with Gasteiger partial charge in [0.15, 0.2) is 5.75 Å². The van der Waals surface area contributed by atoms with E-state index in [0.29, 0.717) is 5.39 Å². The van der Waals surface area contributed by atoms with Gasteiger partial charge in [0, 0.05) is 17.0 Å². The summed E-state index contributed by atoms with van der Waals surface area (Å²) in [5.74, 6) is -0.270. The molecule has 0 amide bonds. The lowest BCUT2D eigenvalue weighted by Crippen LogP contribution is -2.09. The van der Waals surface area contributed by atoms with Crippen molar-refractivity contribution < 1.29 is 23.9 Å². The van der Waals surface area contributed by atoms with E-state index >= 15 is 0 Å². The second-order valence-corrected chi connectivity index (χ2v) is 5.67. The van der Waals surface area contributed by atoms with E-state index < -0.39 is 19.4 Å². The van der Waals surface area contributed by atoms with Crippen LogP contribution in [0.3, 0.4) is 0 Å². The van der Waals surface area contributed by atoms with Gasteiger partial charge in [-0.2, -0.15) is 0 Å². The molecule has 18 heavy (non-hydrogen) atoms. The fourth-order valence-corrected chi connectivity index (χ4v) is 2.11. The first-order chi connectivity index (χ1) is 8.35. The maximum absolute atomic E-state index is 11.5. The van der Waals surface area contributed by atoms with E-state index in [0.717, 1.165) is 0 Å². The van der Waals surface area contributed by atoms with Gasteiger partial charge in [-0.05, 0) is 24.6 Å². The van der Waals surface area contributed by atoms with Gasteiger partial charge in [-0.3, -0.25) is 9.67 Å². The van der Waals surface area contributed by atoms with Crippen LogP contribution >= 0.6 is 7.60 Å². The lowest BCUT2D eigenvalue weighted by molar-refractivity contribution is 0.354. The largest absolute Gasteiger partial charge is 0.422 e. The van der Waals surface area contributed by atoms with Gasteiger partial charge >= 0.3 is 13.2 Å². The zero-order valence-electron chi connectivity index (χ0n) is 9.20. The highest BCUT2D eigenvalue weighted by Gasteiger charge is 2.15. The van der Waals surface area contributed by atoms with Crippen molar-refractivity contribution in [3.63, 3.8) is 0 Å². The second-order valence-electron chi connectivity index (χ2n) is 3.90. The molecular formula is C11H10O6P. The number of aryl methyl sites for hydroxylation is 1. The molecule has 0 aliphatic carbocycles. The minimum atomic E-state index is -4.15. The molecule has 0 aliphatic rings. The van der Waals surface area contributed by atoms with Crippen LogP contribution in [0, 0.1) is 0 Å². The summed E-state index contributed by atoms with van der Waals surface area (Å²) >= 11 is 0. The Balaban J connectivity index is 2.41. The third-order valence-electron chi connectivity index (χ3n) is 2.45. The number of fused-ring (bicyclic) bond motifs is 1. The molecule has 1 radical (unpaired) electrons. The predicted molar refractivity (Wildman–Crippen MR) is 63.2 cm³/mol. The third kappa shape index (κ3) is 2.98. The molecule has 1 heterocycles. The molecule has 0 fully saturated rings. The minimum Gasteiger partial charge on any atom is -0.422 e. The molecule has 0 bridgehead atoms. The van der Waals surface area contributed by atoms with Gasteiger partial charge < -0.3 is 14.2 Å². The van der Waals surface area contributed by atoms with Crippen LogP contribution in [0.2, 0.25) is 0 Å². The van der Waals surface area contributed by atoms with Crippen molar-refractivity contribution in [3.8, 4) is 5.75 Å². The monoisotopic (exact) mass is 269 g/mol. The summed E-state index contributed by atoms with van der Waals surface area (Å²) in [6, 6.07) is 5.51. The van der Waals surface area contributed by atoms with Crippen LogP contribution in [0.25, 0.3) is 11.0 Å². The SMILES string of the molecule is [O]c1ccc2cc(CCP(=O)(O)O)c(=O)oc2c1. The summed E-state index contributed by atoms with van der Waals surface area (Å²) in [4.78, 5) is 29.1. The van der Waals surface area contributed by atoms with Crippen molar-refractivity contribution in [1.82, 2.24) is 0 Å². The first-order valence-electron chi connectivity index (χ1n) is 5.13. The van der Waals surface area contributed by atoms with Crippen LogP contribution < -0.4 is 5.63 Å². The highest BCUT2D eigenvalue weighted by Crippen LogP contribution is 2.34. The highest BCUT2D eigenvalue weighted by atomic mass is 31.2. The number of rotatable bonds is 3. The molecule has 95 valence electrons. The Kier molecular flexibility index (Phi) is 3.26. The van der Waals surface area contributed by atoms with E-state index in [4.69, 9.17) is 14.2 Å². The Bertz CT molecular complexity index is 683. The number of hydrogen-bond acceptors (Lipinski definition) is 3. The number of hydrogen-bond donors (Lipinski definition) is 2. The molecule has 0 saturated heterocycles. The van der Waals surface area contributed by atoms with Crippen molar-refractivity contribution >= 4 is 18.6 Å². The Labute approximate surface area is 102 Å². The van der Waals surface area contributed by atoms with Crippen LogP contribution in [0.5, 0.6) is 5.75 Å². The topological polar surface area (TPSA) is 108 Å². The Morgan fingerprint density at radius 2 is 1.94 bits per heavy atom. The highest BCUT2D eigenvalue weighted by molar-refractivity contribution is 7.51. The van der Waals surface area contributed by atoms with Crippen LogP contribution in [0.15, 0.2) is 33.5 Å². The second kappa shape index (κ2) is 4.57. The van der Waals surface area contributed by atoms with Crippen LogP contribution in [-0.2, 0) is 16.1 Å².